The largest absolute Gasteiger partial charge is 0.353 e. The predicted molar refractivity (Wildman–Crippen MR) is 98.2 cm³/mol. The molecule has 1 saturated heterocycles. The molecule has 5 unspecified atom stereocenters. The van der Waals surface area contributed by atoms with E-state index in [1.165, 1.54) is 9.78 Å². The van der Waals surface area contributed by atoms with Crippen LogP contribution in [0.2, 0.25) is 0 Å². The number of nitrogens with zero attached hydrogens (tertiary/aromatic N) is 2. The summed E-state index contributed by atoms with van der Waals surface area (Å²) in [6.45, 7) is 0.275. The zero-order valence-electron chi connectivity index (χ0n) is 14.9. The second kappa shape index (κ2) is 6.63. The molecule has 5 atom stereocenters. The van der Waals surface area contributed by atoms with Crippen molar-refractivity contribution in [1.29, 1.82) is 0 Å². The zero-order valence-corrected chi connectivity index (χ0v) is 15.7. The third-order valence-corrected chi connectivity index (χ3v) is 6.82. The third kappa shape index (κ3) is 2.79. The lowest BCUT2D eigenvalue weighted by atomic mass is 9.85. The minimum absolute atomic E-state index is 0.0726. The van der Waals surface area contributed by atoms with Gasteiger partial charge in [-0.15, -0.1) is 11.3 Å². The van der Waals surface area contributed by atoms with Crippen molar-refractivity contribution in [2.45, 2.75) is 12.5 Å². The summed E-state index contributed by atoms with van der Waals surface area (Å²) >= 11 is 1.64. The summed E-state index contributed by atoms with van der Waals surface area (Å²) in [5.74, 6) is -0.769. The summed E-state index contributed by atoms with van der Waals surface area (Å²) in [5.41, 5.74) is 0. The second-order valence-corrected chi connectivity index (χ2v) is 8.54. The third-order valence-electron chi connectivity index (χ3n) is 5.85. The maximum atomic E-state index is 12.6. The molecular formula is C19H23N3O3S. The molecule has 0 spiro atoms. The molecule has 3 amide bonds. The number of likely N-dealkylation sites (N-methyl/N-ethyl adjacent to an activating group) is 1. The van der Waals surface area contributed by atoms with Crippen LogP contribution < -0.4 is 5.32 Å². The van der Waals surface area contributed by atoms with Gasteiger partial charge in [0.15, 0.2) is 0 Å². The number of fused-ring (bicyclic) bond motifs is 5. The summed E-state index contributed by atoms with van der Waals surface area (Å²) in [4.78, 5) is 42.1. The average Bonchev–Trinajstić information content (AvgIpc) is 3.36. The van der Waals surface area contributed by atoms with Gasteiger partial charge in [0.2, 0.25) is 17.7 Å². The standard InChI is InChI=1S/C19H23N3O3S/c1-21(2)13(14-4-3-7-26-14)9-20-15(23)10-22-18(24)16-11-5-6-12(8-11)17(16)19(22)25/h3-7,11-13,16-17H,8-10H2,1-2H3,(H,20,23). The molecule has 2 heterocycles. The Bertz CT molecular complexity index is 728. The Morgan fingerprint density at radius 1 is 1.27 bits per heavy atom. The molecule has 2 aliphatic carbocycles. The van der Waals surface area contributed by atoms with Gasteiger partial charge in [0.25, 0.3) is 0 Å². The van der Waals surface area contributed by atoms with Crippen molar-refractivity contribution in [1.82, 2.24) is 15.1 Å². The van der Waals surface area contributed by atoms with Crippen molar-refractivity contribution in [3.05, 3.63) is 34.5 Å². The Morgan fingerprint density at radius 3 is 2.46 bits per heavy atom. The van der Waals surface area contributed by atoms with E-state index >= 15 is 0 Å². The lowest BCUT2D eigenvalue weighted by Gasteiger charge is -2.24. The molecule has 7 heteroatoms. The topological polar surface area (TPSA) is 69.7 Å². The first kappa shape index (κ1) is 17.4. The molecule has 2 fully saturated rings. The van der Waals surface area contributed by atoms with Gasteiger partial charge in [0.1, 0.15) is 6.54 Å². The summed E-state index contributed by atoms with van der Waals surface area (Å²) in [6, 6.07) is 4.10. The fourth-order valence-corrected chi connectivity index (χ4v) is 5.47. The van der Waals surface area contributed by atoms with Crippen LogP contribution >= 0.6 is 11.3 Å². The van der Waals surface area contributed by atoms with Gasteiger partial charge in [-0.2, -0.15) is 0 Å². The normalized spacial score (nSPS) is 30.3. The molecule has 1 N–H and O–H groups in total. The molecule has 0 aromatic carbocycles. The van der Waals surface area contributed by atoms with Crippen LogP contribution in [0.1, 0.15) is 17.3 Å². The highest BCUT2D eigenvalue weighted by molar-refractivity contribution is 7.10. The molecule has 4 rings (SSSR count). The highest BCUT2D eigenvalue weighted by Crippen LogP contribution is 2.52. The number of amides is 3. The maximum absolute atomic E-state index is 12.6. The molecule has 1 saturated carbocycles. The van der Waals surface area contributed by atoms with Crippen LogP contribution in [-0.4, -0.2) is 54.7 Å². The van der Waals surface area contributed by atoms with Crippen LogP contribution in [0, 0.1) is 23.7 Å². The predicted octanol–water partition coefficient (Wildman–Crippen LogP) is 1.27. The molecule has 0 radical (unpaired) electrons. The number of nitrogens with one attached hydrogen (secondary N) is 1. The van der Waals surface area contributed by atoms with E-state index in [1.54, 1.807) is 11.3 Å². The Labute approximate surface area is 156 Å². The van der Waals surface area contributed by atoms with Gasteiger partial charge in [-0.25, -0.2) is 0 Å². The van der Waals surface area contributed by atoms with Crippen LogP contribution in [0.3, 0.4) is 0 Å². The lowest BCUT2D eigenvalue weighted by molar-refractivity contribution is -0.144. The van der Waals surface area contributed by atoms with Crippen LogP contribution in [0.5, 0.6) is 0 Å². The monoisotopic (exact) mass is 373 g/mol. The number of imide groups is 1. The molecule has 26 heavy (non-hydrogen) atoms. The van der Waals surface area contributed by atoms with Gasteiger partial charge in [0, 0.05) is 11.4 Å². The number of hydrogen-bond acceptors (Lipinski definition) is 5. The first-order chi connectivity index (χ1) is 12.5. The highest BCUT2D eigenvalue weighted by Gasteiger charge is 2.59. The Hall–Kier alpha value is -1.99. The maximum Gasteiger partial charge on any atom is 0.240 e. The van der Waals surface area contributed by atoms with E-state index in [-0.39, 0.29) is 54.0 Å². The van der Waals surface area contributed by atoms with Crippen molar-refractivity contribution >= 4 is 29.1 Å². The fourth-order valence-electron chi connectivity index (χ4n) is 4.55. The summed E-state index contributed by atoms with van der Waals surface area (Å²) in [5, 5.41) is 4.90. The highest BCUT2D eigenvalue weighted by atomic mass is 32.1. The smallest absolute Gasteiger partial charge is 0.240 e. The summed E-state index contributed by atoms with van der Waals surface area (Å²) in [7, 11) is 3.93. The minimum atomic E-state index is -0.282. The van der Waals surface area contributed by atoms with E-state index in [4.69, 9.17) is 0 Å². The van der Waals surface area contributed by atoms with Crippen LogP contribution in [0.15, 0.2) is 29.7 Å². The molecule has 3 aliphatic rings. The first-order valence-corrected chi connectivity index (χ1v) is 9.85. The number of allylic oxidation sites excluding steroid dienone is 2. The van der Waals surface area contributed by atoms with E-state index in [0.29, 0.717) is 6.54 Å². The molecular weight excluding hydrogens is 350 g/mol. The summed E-state index contributed by atoms with van der Waals surface area (Å²) in [6.07, 6.45) is 5.02. The van der Waals surface area contributed by atoms with E-state index in [1.807, 2.05) is 36.5 Å². The van der Waals surface area contributed by atoms with Gasteiger partial charge >= 0.3 is 0 Å². The van der Waals surface area contributed by atoms with Crippen molar-refractivity contribution in [2.75, 3.05) is 27.2 Å². The summed E-state index contributed by atoms with van der Waals surface area (Å²) < 4.78 is 0. The quantitative estimate of drug-likeness (QED) is 0.602. The molecule has 138 valence electrons. The number of rotatable bonds is 6. The van der Waals surface area contributed by atoms with Crippen molar-refractivity contribution < 1.29 is 14.4 Å². The number of hydrogen-bond donors (Lipinski definition) is 1. The van der Waals surface area contributed by atoms with E-state index < -0.39 is 0 Å². The zero-order chi connectivity index (χ0) is 18.4. The number of carbonyl (C=O) groups is 3. The molecule has 1 aliphatic heterocycles. The van der Waals surface area contributed by atoms with Gasteiger partial charge < -0.3 is 10.2 Å². The van der Waals surface area contributed by atoms with Gasteiger partial charge in [-0.3, -0.25) is 19.3 Å². The number of thiophene rings is 1. The Kier molecular flexibility index (Phi) is 4.44. The fraction of sp³-hybridized carbons (Fsp3) is 0.526. The molecule has 6 nitrogen and oxygen atoms in total. The molecule has 2 bridgehead atoms. The molecule has 1 aromatic heterocycles. The van der Waals surface area contributed by atoms with Gasteiger partial charge in [0.05, 0.1) is 17.9 Å². The van der Waals surface area contributed by atoms with Crippen LogP contribution in [0.25, 0.3) is 0 Å². The van der Waals surface area contributed by atoms with E-state index in [2.05, 4.69) is 17.5 Å². The lowest BCUT2D eigenvalue weighted by Crippen LogP contribution is -2.43. The Balaban J connectivity index is 1.37. The SMILES string of the molecule is CN(C)C(CNC(=O)CN1C(=O)C2C3C=CC(C3)C2C1=O)c1cccs1. The van der Waals surface area contributed by atoms with Crippen molar-refractivity contribution in [3.8, 4) is 0 Å². The number of carbonyl (C=O) groups excluding carboxylic acids is 3. The Morgan fingerprint density at radius 2 is 1.92 bits per heavy atom. The van der Waals surface area contributed by atoms with Gasteiger partial charge in [-0.1, -0.05) is 18.2 Å². The van der Waals surface area contributed by atoms with E-state index in [0.717, 1.165) is 6.42 Å². The minimum Gasteiger partial charge on any atom is -0.353 e. The molecule has 1 aromatic rings. The average molecular weight is 373 g/mol. The van der Waals surface area contributed by atoms with Crippen molar-refractivity contribution in [3.63, 3.8) is 0 Å². The van der Waals surface area contributed by atoms with Gasteiger partial charge in [-0.05, 0) is 43.8 Å². The van der Waals surface area contributed by atoms with Crippen molar-refractivity contribution in [2.24, 2.45) is 23.7 Å². The van der Waals surface area contributed by atoms with Crippen LogP contribution in [-0.2, 0) is 14.4 Å². The van der Waals surface area contributed by atoms with Crippen LogP contribution in [0.4, 0.5) is 0 Å². The number of likely N-dealkylation sites (tertiary alicyclic amines) is 1. The second-order valence-electron chi connectivity index (χ2n) is 7.56. The van der Waals surface area contributed by atoms with E-state index in [9.17, 15) is 14.4 Å². The first-order valence-electron chi connectivity index (χ1n) is 8.97.